The number of ether oxygens (including phenoxy) is 2. The van der Waals surface area contributed by atoms with Crippen LogP contribution >= 0.6 is 0 Å². The Balaban J connectivity index is 0.819. The van der Waals surface area contributed by atoms with Crippen molar-refractivity contribution in [2.45, 2.75) is 44.3 Å². The number of fused-ring (bicyclic) bond motifs is 5. The summed E-state index contributed by atoms with van der Waals surface area (Å²) in [7, 11) is 1.17. The van der Waals surface area contributed by atoms with Gasteiger partial charge in [0.15, 0.2) is 17.0 Å². The number of carbonyl (C=O) groups is 7. The second-order valence-corrected chi connectivity index (χ2v) is 15.7. The van der Waals surface area contributed by atoms with Crippen LogP contribution in [0.5, 0.6) is 0 Å². The zero-order valence-electron chi connectivity index (χ0n) is 36.1. The number of nitrogens with one attached hydrogen (secondary N) is 3. The maximum atomic E-state index is 13.5. The molecule has 67 heavy (non-hydrogen) atoms. The van der Waals surface area contributed by atoms with Crippen LogP contribution in [0.15, 0.2) is 97.2 Å². The first-order valence-corrected chi connectivity index (χ1v) is 21.0. The number of nitrogens with zero attached hydrogens (tertiary/aromatic N) is 6. The van der Waals surface area contributed by atoms with Gasteiger partial charge in [-0.15, -0.1) is 0 Å². The first-order chi connectivity index (χ1) is 32.3. The molecular weight excluding hydrogens is 863 g/mol. The normalized spacial score (nSPS) is 13.5. The lowest BCUT2D eigenvalue weighted by Gasteiger charge is -2.19. The van der Waals surface area contributed by atoms with Crippen molar-refractivity contribution in [1.29, 1.82) is 0 Å². The molecule has 0 spiro atoms. The molecule has 1 aliphatic heterocycles. The monoisotopic (exact) mass is 905 g/mol. The van der Waals surface area contributed by atoms with E-state index in [4.69, 9.17) is 20.9 Å². The Bertz CT molecular complexity index is 2920. The highest BCUT2D eigenvalue weighted by Gasteiger charge is 2.36. The van der Waals surface area contributed by atoms with Crippen molar-refractivity contribution in [1.82, 2.24) is 35.5 Å². The standard InChI is InChI=1S/C47H43N11O9/c1-25(51-47(65)67-23-36-32-10-5-3-8-30(32)31-9-4-6-11-33(31)36)41(60)53-27-15-18-34-35(20-27)44(63)58(43(34)62)19-7-12-37(45(64)66-2)54-42(61)26-13-16-29(17-14-26)57(24-59)22-28-21-50-40-38(52-28)39(48)55-46(49)56-40/h3-6,8-11,13-18,20-21,24-25,36-37H,7,12,19,22-23H2,1-2H3,(H,51,65)(H,53,60)(H,54,61)(H4,48,49,50,55,56)/t25-,37-/m0/s1. The molecule has 0 saturated heterocycles. The Hall–Kier alpha value is -8.81. The Morgan fingerprint density at radius 1 is 0.851 bits per heavy atom. The summed E-state index contributed by atoms with van der Waals surface area (Å²) in [6.45, 7) is 1.46. The minimum Gasteiger partial charge on any atom is -0.467 e. The highest BCUT2D eigenvalue weighted by molar-refractivity contribution is 6.22. The quantitative estimate of drug-likeness (QED) is 0.0522. The van der Waals surface area contributed by atoms with Crippen molar-refractivity contribution in [2.75, 3.05) is 41.9 Å². The summed E-state index contributed by atoms with van der Waals surface area (Å²) in [5.74, 6) is -3.30. The van der Waals surface area contributed by atoms with E-state index in [-0.39, 0.29) is 83.8 Å². The number of esters is 1. The molecule has 1 aliphatic carbocycles. The molecule has 0 bridgehead atoms. The average molecular weight is 906 g/mol. The Morgan fingerprint density at radius 2 is 1.54 bits per heavy atom. The van der Waals surface area contributed by atoms with Gasteiger partial charge in [-0.3, -0.25) is 28.9 Å². The molecule has 6 amide bonds. The van der Waals surface area contributed by atoms with E-state index >= 15 is 0 Å². The van der Waals surface area contributed by atoms with Gasteiger partial charge in [0, 0.05) is 29.4 Å². The third-order valence-electron chi connectivity index (χ3n) is 11.4. The number of imide groups is 1. The van der Waals surface area contributed by atoms with Gasteiger partial charge in [0.25, 0.3) is 17.7 Å². The van der Waals surface area contributed by atoms with Crippen LogP contribution < -0.4 is 32.3 Å². The minimum atomic E-state index is -1.14. The highest BCUT2D eigenvalue weighted by Crippen LogP contribution is 2.44. The van der Waals surface area contributed by atoms with Crippen molar-refractivity contribution < 1.29 is 43.0 Å². The second-order valence-electron chi connectivity index (χ2n) is 15.7. The van der Waals surface area contributed by atoms with Gasteiger partial charge in [0.2, 0.25) is 18.3 Å². The fourth-order valence-corrected chi connectivity index (χ4v) is 8.02. The zero-order chi connectivity index (χ0) is 47.4. The van der Waals surface area contributed by atoms with E-state index in [1.807, 2.05) is 48.5 Å². The number of methoxy groups -OCH3 is 1. The molecule has 2 atom stereocenters. The van der Waals surface area contributed by atoms with Crippen molar-refractivity contribution in [3.63, 3.8) is 0 Å². The third kappa shape index (κ3) is 9.39. The molecule has 340 valence electrons. The van der Waals surface area contributed by atoms with Gasteiger partial charge < -0.3 is 41.8 Å². The summed E-state index contributed by atoms with van der Waals surface area (Å²) in [5, 5.41) is 7.86. The van der Waals surface area contributed by atoms with Crippen LogP contribution in [-0.4, -0.2) is 99.3 Å². The van der Waals surface area contributed by atoms with Gasteiger partial charge >= 0.3 is 12.1 Å². The highest BCUT2D eigenvalue weighted by atomic mass is 16.5. The smallest absolute Gasteiger partial charge is 0.407 e. The van der Waals surface area contributed by atoms with Crippen molar-refractivity contribution in [3.8, 4) is 11.1 Å². The summed E-state index contributed by atoms with van der Waals surface area (Å²) < 4.78 is 10.5. The fraction of sp³-hybridized carbons (Fsp3) is 0.213. The van der Waals surface area contributed by atoms with Crippen molar-refractivity contribution in [2.24, 2.45) is 0 Å². The van der Waals surface area contributed by atoms with E-state index in [2.05, 4.69) is 35.9 Å². The van der Waals surface area contributed by atoms with Gasteiger partial charge in [-0.1, -0.05) is 48.5 Å². The number of hydrogen-bond donors (Lipinski definition) is 5. The van der Waals surface area contributed by atoms with Gasteiger partial charge in [-0.25, -0.2) is 19.6 Å². The lowest BCUT2D eigenvalue weighted by Crippen LogP contribution is -2.42. The van der Waals surface area contributed by atoms with Gasteiger partial charge in [0.1, 0.15) is 18.7 Å². The molecule has 2 aromatic heterocycles. The Morgan fingerprint density at radius 3 is 2.22 bits per heavy atom. The van der Waals surface area contributed by atoms with Crippen LogP contribution in [0, 0.1) is 0 Å². The molecule has 6 aromatic rings. The van der Waals surface area contributed by atoms with Gasteiger partial charge in [-0.2, -0.15) is 9.97 Å². The number of hydrogen-bond acceptors (Lipinski definition) is 15. The molecular formula is C47H43N11O9. The van der Waals surface area contributed by atoms with Crippen LogP contribution in [0.1, 0.15) is 73.6 Å². The number of nitrogens with two attached hydrogens (primary N) is 2. The number of rotatable bonds is 16. The summed E-state index contributed by atoms with van der Waals surface area (Å²) in [4.78, 5) is 110. The van der Waals surface area contributed by atoms with Gasteiger partial charge in [-0.05, 0) is 84.5 Å². The third-order valence-corrected chi connectivity index (χ3v) is 11.4. The molecule has 0 unspecified atom stereocenters. The molecule has 4 aromatic carbocycles. The summed E-state index contributed by atoms with van der Waals surface area (Å²) in [6.07, 6.45) is 1.35. The first kappa shape index (κ1) is 44.8. The van der Waals surface area contributed by atoms with Gasteiger partial charge in [0.05, 0.1) is 36.7 Å². The maximum Gasteiger partial charge on any atom is 0.407 e. The predicted octanol–water partition coefficient (Wildman–Crippen LogP) is 3.96. The van der Waals surface area contributed by atoms with Crippen LogP contribution in [-0.2, 0) is 30.4 Å². The molecule has 3 heterocycles. The van der Waals surface area contributed by atoms with Crippen molar-refractivity contribution in [3.05, 3.63) is 131 Å². The molecule has 20 nitrogen and oxygen atoms in total. The Kier molecular flexibility index (Phi) is 12.8. The molecule has 8 rings (SSSR count). The van der Waals surface area contributed by atoms with Crippen LogP contribution in [0.3, 0.4) is 0 Å². The van der Waals surface area contributed by atoms with E-state index in [1.165, 1.54) is 67.6 Å². The number of carbonyl (C=O) groups excluding carboxylic acids is 7. The summed E-state index contributed by atoms with van der Waals surface area (Å²) >= 11 is 0. The lowest BCUT2D eigenvalue weighted by atomic mass is 9.98. The zero-order valence-corrected chi connectivity index (χ0v) is 36.1. The van der Waals surface area contributed by atoms with Crippen LogP contribution in [0.25, 0.3) is 22.3 Å². The first-order valence-electron chi connectivity index (χ1n) is 21.0. The average Bonchev–Trinajstić information content (AvgIpc) is 3.78. The van der Waals surface area contributed by atoms with E-state index in [9.17, 15) is 33.6 Å². The maximum absolute atomic E-state index is 13.5. The van der Waals surface area contributed by atoms with E-state index in [0.717, 1.165) is 27.2 Å². The topological polar surface area (TPSA) is 284 Å². The largest absolute Gasteiger partial charge is 0.467 e. The van der Waals surface area contributed by atoms with E-state index < -0.39 is 47.8 Å². The van der Waals surface area contributed by atoms with E-state index in [0.29, 0.717) is 17.8 Å². The van der Waals surface area contributed by atoms with Crippen LogP contribution in [0.4, 0.5) is 27.9 Å². The number of anilines is 4. The predicted molar refractivity (Wildman–Crippen MR) is 243 cm³/mol. The number of benzene rings is 4. The number of nitrogen functional groups attached to an aromatic ring is 2. The summed E-state index contributed by atoms with van der Waals surface area (Å²) in [5.41, 5.74) is 17.6. The molecule has 0 fully saturated rings. The number of alkyl carbamates (subject to hydrolysis) is 1. The number of amides is 6. The molecule has 0 saturated carbocycles. The summed E-state index contributed by atoms with van der Waals surface area (Å²) in [6, 6.07) is 24.0. The fourth-order valence-electron chi connectivity index (χ4n) is 8.02. The molecule has 7 N–H and O–H groups in total. The lowest BCUT2D eigenvalue weighted by molar-refractivity contribution is -0.143. The molecule has 20 heteroatoms. The molecule has 2 aliphatic rings. The SMILES string of the molecule is COC(=O)[C@H](CCCN1C(=O)c2ccc(NC(=O)[C@H](C)NC(=O)OCC3c4ccccc4-c4ccccc43)cc2C1=O)NC(=O)c1ccc(N(C=O)Cc2cnc3nc(N)nc(N)c3n2)cc1. The molecule has 0 radical (unpaired) electrons. The van der Waals surface area contributed by atoms with Crippen LogP contribution in [0.2, 0.25) is 0 Å². The Labute approximate surface area is 382 Å². The number of aromatic nitrogens is 4. The second kappa shape index (κ2) is 19.1. The minimum absolute atomic E-state index is 0.00154. The van der Waals surface area contributed by atoms with Crippen molar-refractivity contribution >= 4 is 76.4 Å². The van der Waals surface area contributed by atoms with E-state index in [1.54, 1.807) is 0 Å².